The van der Waals surface area contributed by atoms with Crippen LogP contribution >= 0.6 is 16.6 Å². The Hall–Kier alpha value is 0.982. The van der Waals surface area contributed by atoms with Gasteiger partial charge in [0.2, 0.25) is 0 Å². The molecule has 0 aromatic carbocycles. The van der Waals surface area contributed by atoms with Crippen LogP contribution in [0.1, 0.15) is 0 Å². The van der Waals surface area contributed by atoms with Crippen LogP contribution in [0.15, 0.2) is 20.4 Å². The van der Waals surface area contributed by atoms with Crippen LogP contribution in [0.5, 0.6) is 0 Å². The summed E-state index contributed by atoms with van der Waals surface area (Å²) < 4.78 is 3.26. The van der Waals surface area contributed by atoms with Gasteiger partial charge in [-0.3, -0.25) is 0 Å². The van der Waals surface area contributed by atoms with Crippen LogP contribution in [-0.2, 0) is 0 Å². The van der Waals surface area contributed by atoms with Gasteiger partial charge in [-0.15, -0.1) is 0 Å². The summed E-state index contributed by atoms with van der Waals surface area (Å²) in [6, 6.07) is 0. The summed E-state index contributed by atoms with van der Waals surface area (Å²) in [5.41, 5.74) is 0. The SMILES string of the molecule is C=[CH][Pb]([Cl])([Cl])[CH]=C. The predicted molar refractivity (Wildman–Crippen MR) is 37.9 cm³/mol. The quantitative estimate of drug-likeness (QED) is 0.681. The van der Waals surface area contributed by atoms with Gasteiger partial charge in [0.1, 0.15) is 0 Å². The second-order valence-corrected chi connectivity index (χ2v) is 22.2. The van der Waals surface area contributed by atoms with Crippen molar-refractivity contribution in [1.82, 2.24) is 0 Å². The average Bonchev–Trinajstić information content (AvgIpc) is 1.68. The van der Waals surface area contributed by atoms with Gasteiger partial charge in [-0.25, -0.2) is 0 Å². The van der Waals surface area contributed by atoms with Crippen molar-refractivity contribution in [2.75, 3.05) is 0 Å². The number of hydrogen-bond acceptors (Lipinski definition) is 0. The molecule has 0 bridgehead atoms. The number of halogens is 2. The zero-order chi connectivity index (χ0) is 5.91. The zero-order valence-electron chi connectivity index (χ0n) is 3.82. The molecule has 3 heteroatoms. The fourth-order valence-electron chi connectivity index (χ4n) is 0.0833. The number of rotatable bonds is 2. The van der Waals surface area contributed by atoms with Gasteiger partial charge in [-0.05, 0) is 0 Å². The molecule has 0 saturated heterocycles. The summed E-state index contributed by atoms with van der Waals surface area (Å²) in [4.78, 5) is 0. The molecular formula is C4H6Cl2Pb. The number of hydrogen-bond donors (Lipinski definition) is 0. The van der Waals surface area contributed by atoms with Crippen LogP contribution in [0.4, 0.5) is 0 Å². The van der Waals surface area contributed by atoms with E-state index in [0.29, 0.717) is 0 Å². The fourth-order valence-corrected chi connectivity index (χ4v) is 0.731. The molecule has 0 spiro atoms. The molecule has 0 N–H and O–H groups in total. The molecule has 0 atom stereocenters. The van der Waals surface area contributed by atoms with Crippen molar-refractivity contribution in [2.24, 2.45) is 0 Å². The first-order valence-electron chi connectivity index (χ1n) is 1.77. The first kappa shape index (κ1) is 7.98. The van der Waals surface area contributed by atoms with E-state index >= 15 is 0 Å². The van der Waals surface area contributed by atoms with Crippen molar-refractivity contribution < 1.29 is 0 Å². The van der Waals surface area contributed by atoms with E-state index in [0.717, 1.165) is 0 Å². The molecule has 0 saturated carbocycles. The first-order valence-corrected chi connectivity index (χ1v) is 15.8. The summed E-state index contributed by atoms with van der Waals surface area (Å²) in [5, 5.41) is 0. The molecule has 0 amide bonds. The van der Waals surface area contributed by atoms with Crippen molar-refractivity contribution in [3.05, 3.63) is 20.4 Å². The summed E-state index contributed by atoms with van der Waals surface area (Å²) >= 11 is -2.92. The summed E-state index contributed by atoms with van der Waals surface area (Å²) in [6.07, 6.45) is 0. The van der Waals surface area contributed by atoms with Crippen LogP contribution in [0.2, 0.25) is 0 Å². The van der Waals surface area contributed by atoms with Gasteiger partial charge in [-0.2, -0.15) is 0 Å². The van der Waals surface area contributed by atoms with Crippen LogP contribution in [0, 0.1) is 0 Å². The van der Waals surface area contributed by atoms with Crippen LogP contribution in [-0.4, -0.2) is 18.7 Å². The van der Waals surface area contributed by atoms with E-state index in [-0.39, 0.29) is 0 Å². The van der Waals surface area contributed by atoms with Gasteiger partial charge in [0.25, 0.3) is 0 Å². The van der Waals surface area contributed by atoms with Crippen molar-refractivity contribution >= 4 is 35.4 Å². The molecule has 40 valence electrons. The zero-order valence-corrected chi connectivity index (χ0v) is 9.22. The van der Waals surface area contributed by atoms with Crippen molar-refractivity contribution in [3.8, 4) is 0 Å². The predicted octanol–water partition coefficient (Wildman–Crippen LogP) is 2.36. The summed E-state index contributed by atoms with van der Waals surface area (Å²) in [5.74, 6) is 0. The Morgan fingerprint density at radius 2 is 1.43 bits per heavy atom. The van der Waals surface area contributed by atoms with Crippen LogP contribution < -0.4 is 0 Å². The minimum atomic E-state index is -2.92. The molecule has 0 aromatic heterocycles. The van der Waals surface area contributed by atoms with E-state index in [9.17, 15) is 0 Å². The second kappa shape index (κ2) is 3.10. The standard InChI is InChI=1S/2C2H3.2ClH.Pb/c2*1-2;;;/h2*1H,2H2;2*1H;/q;;;;+2/p-2. The molecule has 0 fully saturated rings. The monoisotopic (exact) mass is 332 g/mol. The Morgan fingerprint density at radius 1 is 1.14 bits per heavy atom. The second-order valence-electron chi connectivity index (χ2n) is 1.08. The van der Waals surface area contributed by atoms with Gasteiger partial charge >= 0.3 is 55.8 Å². The van der Waals surface area contributed by atoms with E-state index in [1.54, 1.807) is 7.27 Å². The van der Waals surface area contributed by atoms with Crippen LogP contribution in [0.25, 0.3) is 0 Å². The summed E-state index contributed by atoms with van der Waals surface area (Å²) in [6.45, 7) is 6.93. The summed E-state index contributed by atoms with van der Waals surface area (Å²) in [7, 11) is 11.3. The molecule has 0 unspecified atom stereocenters. The molecule has 0 rings (SSSR count). The molecule has 0 radical (unpaired) electrons. The van der Waals surface area contributed by atoms with Crippen LogP contribution in [0.3, 0.4) is 0 Å². The molecule has 0 aliphatic heterocycles. The third kappa shape index (κ3) is 3.55. The van der Waals surface area contributed by atoms with Crippen molar-refractivity contribution in [3.63, 3.8) is 0 Å². The maximum atomic E-state index is 5.66. The molecule has 0 aliphatic carbocycles. The van der Waals surface area contributed by atoms with E-state index in [1.807, 2.05) is 0 Å². The van der Waals surface area contributed by atoms with E-state index < -0.39 is 18.7 Å². The average molecular weight is 332 g/mol. The first-order chi connectivity index (χ1) is 3.12. The Kier molecular flexibility index (Phi) is 3.53. The maximum absolute atomic E-state index is 5.66. The third-order valence-electron chi connectivity index (χ3n) is 0.544. The molecule has 0 heterocycles. The molecule has 0 aromatic rings. The molecule has 0 aliphatic rings. The van der Waals surface area contributed by atoms with Crippen molar-refractivity contribution in [2.45, 2.75) is 0 Å². The normalized spacial score (nSPS) is 10.6. The van der Waals surface area contributed by atoms with Crippen molar-refractivity contribution in [1.29, 1.82) is 0 Å². The molecule has 0 nitrogen and oxygen atoms in total. The minimum absolute atomic E-state index is 1.63. The Bertz CT molecular complexity index is 77.7. The van der Waals surface area contributed by atoms with Gasteiger partial charge in [0.05, 0.1) is 0 Å². The van der Waals surface area contributed by atoms with Gasteiger partial charge in [0, 0.05) is 0 Å². The van der Waals surface area contributed by atoms with E-state index in [1.165, 1.54) is 0 Å². The molecular weight excluding hydrogens is 326 g/mol. The Morgan fingerprint density at radius 3 is 1.43 bits per heavy atom. The van der Waals surface area contributed by atoms with Gasteiger partial charge in [-0.1, -0.05) is 0 Å². The van der Waals surface area contributed by atoms with Gasteiger partial charge < -0.3 is 0 Å². The fraction of sp³-hybridized carbons (Fsp3) is 0. The van der Waals surface area contributed by atoms with Gasteiger partial charge in [0.15, 0.2) is 0 Å². The Labute approximate surface area is 55.4 Å². The molecule has 7 heavy (non-hydrogen) atoms. The van der Waals surface area contributed by atoms with E-state index in [2.05, 4.69) is 13.2 Å². The van der Waals surface area contributed by atoms with E-state index in [4.69, 9.17) is 16.6 Å². The Balaban J connectivity index is 3.82. The topological polar surface area (TPSA) is 0 Å². The third-order valence-corrected chi connectivity index (χ3v) is 10.2.